The number of hydrogen-bond donors (Lipinski definition) is 2. The van der Waals surface area contributed by atoms with Crippen LogP contribution in [0.4, 0.5) is 0 Å². The maximum Gasteiger partial charge on any atom is 0.0348 e. The maximum absolute atomic E-state index is 5.11. The number of hydrazine groups is 1. The van der Waals surface area contributed by atoms with Gasteiger partial charge < -0.3 is 0 Å². The second-order valence-electron chi connectivity index (χ2n) is 1.87. The number of rotatable bonds is 2. The quantitative estimate of drug-likeness (QED) is 0.500. The van der Waals surface area contributed by atoms with E-state index in [1.54, 1.807) is 0 Å². The molecule has 0 saturated carbocycles. The molecule has 0 radical (unpaired) electrons. The van der Waals surface area contributed by atoms with Gasteiger partial charge in [0.1, 0.15) is 0 Å². The first-order chi connectivity index (χ1) is 5.43. The predicted octanol–water partition coefficient (Wildman–Crippen LogP) is 1.68. The molecule has 0 saturated heterocycles. The average Bonchev–Trinajstić information content (AvgIpc) is 2.11. The minimum absolute atomic E-state index is 0.737. The average molecular weight is 152 g/mol. The van der Waals surface area contributed by atoms with Crippen molar-refractivity contribution in [2.75, 3.05) is 0 Å². The highest BCUT2D eigenvalue weighted by molar-refractivity contribution is 5.13. The molecule has 0 aliphatic rings. The molecule has 0 amide bonds. The lowest BCUT2D eigenvalue weighted by Crippen LogP contribution is -2.20. The Morgan fingerprint density at radius 1 is 1.18 bits per heavy atom. The Morgan fingerprint density at radius 3 is 2.18 bits per heavy atom. The maximum atomic E-state index is 5.11. The molecule has 0 bridgehead atoms. The molecule has 1 aromatic rings. The Labute approximate surface area is 68.4 Å². The molecule has 0 unspecified atom stereocenters. The van der Waals surface area contributed by atoms with E-state index in [9.17, 15) is 0 Å². The Kier molecular flexibility index (Phi) is 6.68. The lowest BCUT2D eigenvalue weighted by Gasteiger charge is -1.95. The van der Waals surface area contributed by atoms with Gasteiger partial charge in [-0.3, -0.25) is 11.3 Å². The molecule has 0 aromatic heterocycles. The van der Waals surface area contributed by atoms with E-state index >= 15 is 0 Å². The van der Waals surface area contributed by atoms with Crippen LogP contribution >= 0.6 is 0 Å². The van der Waals surface area contributed by atoms with E-state index in [0.29, 0.717) is 0 Å². The third-order valence-electron chi connectivity index (χ3n) is 1.15. The van der Waals surface area contributed by atoms with Gasteiger partial charge in [-0.2, -0.15) is 0 Å². The van der Waals surface area contributed by atoms with Crippen molar-refractivity contribution in [3.8, 4) is 0 Å². The third kappa shape index (κ3) is 4.53. The van der Waals surface area contributed by atoms with Gasteiger partial charge in [0.25, 0.3) is 0 Å². The summed E-state index contributed by atoms with van der Waals surface area (Å²) in [6.45, 7) is 4.74. The molecular weight excluding hydrogens is 136 g/mol. The smallest absolute Gasteiger partial charge is 0.0348 e. The van der Waals surface area contributed by atoms with E-state index in [4.69, 9.17) is 5.84 Å². The van der Waals surface area contributed by atoms with E-state index in [0.717, 1.165) is 6.54 Å². The summed E-state index contributed by atoms with van der Waals surface area (Å²) in [5.41, 5.74) is 3.79. The fraction of sp³-hybridized carbons (Fsp3) is 0.333. The van der Waals surface area contributed by atoms with Gasteiger partial charge in [-0.05, 0) is 5.56 Å². The van der Waals surface area contributed by atoms with E-state index < -0.39 is 0 Å². The van der Waals surface area contributed by atoms with Crippen LogP contribution in [-0.2, 0) is 6.54 Å². The highest BCUT2D eigenvalue weighted by Gasteiger charge is 1.83. The van der Waals surface area contributed by atoms with Gasteiger partial charge in [-0.25, -0.2) is 0 Å². The van der Waals surface area contributed by atoms with Crippen molar-refractivity contribution >= 4 is 0 Å². The molecule has 0 heterocycles. The lowest BCUT2D eigenvalue weighted by molar-refractivity contribution is 0.741. The molecule has 0 spiro atoms. The van der Waals surface area contributed by atoms with Gasteiger partial charge in [0.2, 0.25) is 0 Å². The molecule has 0 aliphatic carbocycles. The van der Waals surface area contributed by atoms with Crippen LogP contribution in [0.25, 0.3) is 0 Å². The van der Waals surface area contributed by atoms with Gasteiger partial charge in [0, 0.05) is 6.54 Å². The van der Waals surface area contributed by atoms with Crippen molar-refractivity contribution in [2.24, 2.45) is 5.84 Å². The Bertz CT molecular complexity index is 160. The summed E-state index contributed by atoms with van der Waals surface area (Å²) in [4.78, 5) is 0. The van der Waals surface area contributed by atoms with Crippen molar-refractivity contribution in [1.82, 2.24) is 5.43 Å². The van der Waals surface area contributed by atoms with Crippen molar-refractivity contribution in [1.29, 1.82) is 0 Å². The molecule has 2 nitrogen and oxygen atoms in total. The minimum atomic E-state index is 0.737. The molecule has 62 valence electrons. The Morgan fingerprint density at radius 2 is 1.73 bits per heavy atom. The van der Waals surface area contributed by atoms with Crippen molar-refractivity contribution < 1.29 is 0 Å². The standard InChI is InChI=1S/C7H10N2.C2H6/c8-9-6-7-4-2-1-3-5-7;1-2/h1-5,9H,6,8H2;1-2H3. The van der Waals surface area contributed by atoms with Crippen LogP contribution in [0.2, 0.25) is 0 Å². The Balaban J connectivity index is 0.000000461. The van der Waals surface area contributed by atoms with Crippen LogP contribution in [-0.4, -0.2) is 0 Å². The molecular formula is C9H16N2. The highest BCUT2D eigenvalue weighted by Crippen LogP contribution is 1.95. The first-order valence-corrected chi connectivity index (χ1v) is 3.91. The molecule has 11 heavy (non-hydrogen) atoms. The second kappa shape index (κ2) is 7.25. The molecule has 1 rings (SSSR count). The van der Waals surface area contributed by atoms with Gasteiger partial charge in [0.05, 0.1) is 0 Å². The fourth-order valence-corrected chi connectivity index (χ4v) is 0.714. The number of nitrogens with one attached hydrogen (secondary N) is 1. The van der Waals surface area contributed by atoms with Crippen LogP contribution in [0.1, 0.15) is 19.4 Å². The third-order valence-corrected chi connectivity index (χ3v) is 1.15. The van der Waals surface area contributed by atoms with Gasteiger partial charge >= 0.3 is 0 Å². The van der Waals surface area contributed by atoms with Crippen LogP contribution in [0.15, 0.2) is 30.3 Å². The highest BCUT2D eigenvalue weighted by atomic mass is 15.2. The molecule has 0 aliphatic heterocycles. The predicted molar refractivity (Wildman–Crippen MR) is 48.8 cm³/mol. The molecule has 1 aromatic carbocycles. The topological polar surface area (TPSA) is 38.0 Å². The first-order valence-electron chi connectivity index (χ1n) is 3.91. The van der Waals surface area contributed by atoms with E-state index in [1.807, 2.05) is 44.2 Å². The Hall–Kier alpha value is -0.860. The lowest BCUT2D eigenvalue weighted by atomic mass is 10.2. The normalized spacial score (nSPS) is 8.27. The van der Waals surface area contributed by atoms with Gasteiger partial charge in [-0.1, -0.05) is 44.2 Å². The fourth-order valence-electron chi connectivity index (χ4n) is 0.714. The number of hydrogen-bond acceptors (Lipinski definition) is 2. The second-order valence-corrected chi connectivity index (χ2v) is 1.87. The zero-order valence-electron chi connectivity index (χ0n) is 7.17. The van der Waals surface area contributed by atoms with E-state index in [2.05, 4.69) is 5.43 Å². The number of benzene rings is 1. The first kappa shape index (κ1) is 10.1. The molecule has 3 N–H and O–H groups in total. The number of nitrogens with two attached hydrogens (primary N) is 1. The molecule has 0 fully saturated rings. The van der Waals surface area contributed by atoms with Crippen molar-refractivity contribution in [3.63, 3.8) is 0 Å². The minimum Gasteiger partial charge on any atom is -0.271 e. The summed E-state index contributed by atoms with van der Waals surface area (Å²) >= 11 is 0. The summed E-state index contributed by atoms with van der Waals surface area (Å²) in [5, 5.41) is 0. The van der Waals surface area contributed by atoms with Crippen LogP contribution in [0.3, 0.4) is 0 Å². The van der Waals surface area contributed by atoms with Crippen LogP contribution in [0.5, 0.6) is 0 Å². The zero-order chi connectivity index (χ0) is 8.53. The largest absolute Gasteiger partial charge is 0.271 e. The molecule has 2 heteroatoms. The van der Waals surface area contributed by atoms with Crippen molar-refractivity contribution in [2.45, 2.75) is 20.4 Å². The summed E-state index contributed by atoms with van der Waals surface area (Å²) in [6.07, 6.45) is 0. The summed E-state index contributed by atoms with van der Waals surface area (Å²) in [5.74, 6) is 5.11. The van der Waals surface area contributed by atoms with Crippen LogP contribution in [0, 0.1) is 0 Å². The monoisotopic (exact) mass is 152 g/mol. The zero-order valence-corrected chi connectivity index (χ0v) is 7.17. The summed E-state index contributed by atoms with van der Waals surface area (Å²) in [6, 6.07) is 10.0. The van der Waals surface area contributed by atoms with Crippen LogP contribution < -0.4 is 11.3 Å². The van der Waals surface area contributed by atoms with E-state index in [-0.39, 0.29) is 0 Å². The summed E-state index contributed by atoms with van der Waals surface area (Å²) < 4.78 is 0. The van der Waals surface area contributed by atoms with Crippen molar-refractivity contribution in [3.05, 3.63) is 35.9 Å². The van der Waals surface area contributed by atoms with E-state index in [1.165, 1.54) is 5.56 Å². The van der Waals surface area contributed by atoms with Gasteiger partial charge in [0.15, 0.2) is 0 Å². The SMILES string of the molecule is CC.NNCc1ccccc1. The molecule has 0 atom stereocenters. The summed E-state index contributed by atoms with van der Waals surface area (Å²) in [7, 11) is 0. The van der Waals surface area contributed by atoms with Gasteiger partial charge in [-0.15, -0.1) is 0 Å².